The average Bonchev–Trinajstić information content (AvgIpc) is 3.22. The third-order valence-electron chi connectivity index (χ3n) is 5.87. The second-order valence-electron chi connectivity index (χ2n) is 7.85. The van der Waals surface area contributed by atoms with Crippen LogP contribution >= 0.6 is 0 Å². The Balaban J connectivity index is 1.92. The topological polar surface area (TPSA) is 78.7 Å². The molecule has 4 rings (SSSR count). The van der Waals surface area contributed by atoms with Gasteiger partial charge in [0.1, 0.15) is 5.82 Å². The number of rotatable bonds is 3. The van der Waals surface area contributed by atoms with Crippen LogP contribution in [0, 0.1) is 6.92 Å². The highest BCUT2D eigenvalue weighted by Crippen LogP contribution is 2.35. The number of carbonyl (C=O) groups is 1. The Morgan fingerprint density at radius 2 is 1.94 bits per heavy atom. The van der Waals surface area contributed by atoms with Gasteiger partial charge in [0.25, 0.3) is 0 Å². The van der Waals surface area contributed by atoms with E-state index in [1.54, 1.807) is 36.1 Å². The lowest BCUT2D eigenvalue weighted by molar-refractivity contribution is -0.137. The van der Waals surface area contributed by atoms with E-state index in [1.165, 1.54) is 22.6 Å². The van der Waals surface area contributed by atoms with Crippen LogP contribution in [-0.2, 0) is 6.18 Å². The van der Waals surface area contributed by atoms with Gasteiger partial charge in [0.2, 0.25) is 0 Å². The zero-order chi connectivity index (χ0) is 23.2. The van der Waals surface area contributed by atoms with Crippen LogP contribution in [0.1, 0.15) is 17.5 Å². The van der Waals surface area contributed by atoms with Crippen LogP contribution < -0.4 is 10.6 Å². The molecule has 1 aromatic heterocycles. The summed E-state index contributed by atoms with van der Waals surface area (Å²) in [6.07, 6.45) is -5.12. The second kappa shape index (κ2) is 7.85. The fourth-order valence-electron chi connectivity index (χ4n) is 4.08. The number of halogens is 3. The van der Waals surface area contributed by atoms with Crippen LogP contribution in [0.25, 0.3) is 16.6 Å². The Labute approximate surface area is 181 Å². The van der Waals surface area contributed by atoms with E-state index in [1.807, 2.05) is 0 Å². The predicted octanol–water partition coefficient (Wildman–Crippen LogP) is 3.90. The molecule has 0 saturated carbocycles. The molecule has 0 aliphatic carbocycles. The molecule has 10 heteroatoms. The molecule has 1 unspecified atom stereocenters. The van der Waals surface area contributed by atoms with Gasteiger partial charge in [0.05, 0.1) is 22.8 Å². The van der Waals surface area contributed by atoms with E-state index >= 15 is 0 Å². The smallest absolute Gasteiger partial charge is 0.416 e. The molecule has 0 radical (unpaired) electrons. The van der Waals surface area contributed by atoms with Crippen LogP contribution in [0.4, 0.5) is 23.8 Å². The Bertz CT molecular complexity index is 1260. The van der Waals surface area contributed by atoms with E-state index < -0.39 is 23.5 Å². The summed E-state index contributed by atoms with van der Waals surface area (Å²) in [6.45, 7) is 2.49. The van der Waals surface area contributed by atoms with Crippen LogP contribution in [0.15, 0.2) is 47.3 Å². The average molecular weight is 446 g/mol. The van der Waals surface area contributed by atoms with Gasteiger partial charge in [-0.15, -0.1) is 0 Å². The number of hydrogen-bond donors (Lipinski definition) is 1. The molecular weight excluding hydrogens is 425 g/mol. The quantitative estimate of drug-likeness (QED) is 0.660. The fourth-order valence-corrected chi connectivity index (χ4v) is 4.08. The highest BCUT2D eigenvalue weighted by atomic mass is 19.4. The van der Waals surface area contributed by atoms with Crippen LogP contribution in [-0.4, -0.2) is 51.8 Å². The van der Waals surface area contributed by atoms with E-state index in [9.17, 15) is 27.9 Å². The molecule has 7 nitrogen and oxygen atoms in total. The Kier molecular flexibility index (Phi) is 5.31. The van der Waals surface area contributed by atoms with Gasteiger partial charge in [-0.25, -0.2) is 9.59 Å². The third kappa shape index (κ3) is 3.76. The van der Waals surface area contributed by atoms with Gasteiger partial charge in [-0.2, -0.15) is 18.2 Å². The number of para-hydroxylation sites is 1. The first-order valence-electron chi connectivity index (χ1n) is 9.98. The maximum Gasteiger partial charge on any atom is 0.416 e. The van der Waals surface area contributed by atoms with Gasteiger partial charge in [-0.3, -0.25) is 4.57 Å². The summed E-state index contributed by atoms with van der Waals surface area (Å²) in [7, 11) is 1.47. The normalized spacial score (nSPS) is 16.5. The predicted molar refractivity (Wildman–Crippen MR) is 113 cm³/mol. The molecule has 3 aromatic rings. The number of likely N-dealkylation sites (N-methyl/N-ethyl adjacent to an activating group) is 1. The number of aryl methyl sites for hydroxylation is 1. The van der Waals surface area contributed by atoms with E-state index in [0.29, 0.717) is 36.1 Å². The van der Waals surface area contributed by atoms with E-state index in [4.69, 9.17) is 0 Å². The van der Waals surface area contributed by atoms with Crippen molar-refractivity contribution in [3.8, 4) is 5.69 Å². The molecule has 0 spiro atoms. The number of benzene rings is 2. The summed E-state index contributed by atoms with van der Waals surface area (Å²) < 4.78 is 41.6. The number of nitrogens with zero attached hydrogens (tertiary/aromatic N) is 4. The first-order chi connectivity index (χ1) is 15.1. The van der Waals surface area contributed by atoms with Crippen molar-refractivity contribution in [3.63, 3.8) is 0 Å². The molecule has 0 bridgehead atoms. The van der Waals surface area contributed by atoms with E-state index in [0.717, 1.165) is 12.1 Å². The Morgan fingerprint density at radius 3 is 2.59 bits per heavy atom. The number of carboxylic acid groups (broad SMARTS) is 1. The van der Waals surface area contributed by atoms with Crippen molar-refractivity contribution in [2.45, 2.75) is 25.6 Å². The molecule has 1 aliphatic rings. The summed E-state index contributed by atoms with van der Waals surface area (Å²) in [5.41, 5.74) is -0.304. The summed E-state index contributed by atoms with van der Waals surface area (Å²) in [5, 5.41) is 9.63. The molecule has 2 heterocycles. The SMILES string of the molecule is Cc1ccccc1-n1c(=O)nc(N2CCC(N(C)C(=O)O)C2)c2ccc(C(F)(F)F)cc21. The fraction of sp³-hybridized carbons (Fsp3) is 0.318. The van der Waals surface area contributed by atoms with E-state index in [2.05, 4.69) is 4.98 Å². The van der Waals surface area contributed by atoms with Gasteiger partial charge >= 0.3 is 18.0 Å². The van der Waals surface area contributed by atoms with Crippen molar-refractivity contribution in [1.82, 2.24) is 14.5 Å². The molecule has 1 N–H and O–H groups in total. The van der Waals surface area contributed by atoms with Crippen LogP contribution in [0.3, 0.4) is 0 Å². The first kappa shape index (κ1) is 21.7. The van der Waals surface area contributed by atoms with Gasteiger partial charge in [-0.05, 0) is 43.2 Å². The number of fused-ring (bicyclic) bond motifs is 1. The molecule has 1 aliphatic heterocycles. The number of alkyl halides is 3. The minimum absolute atomic E-state index is 0.0964. The molecule has 1 fully saturated rings. The molecule has 32 heavy (non-hydrogen) atoms. The van der Waals surface area contributed by atoms with Crippen molar-refractivity contribution >= 4 is 22.8 Å². The summed E-state index contributed by atoms with van der Waals surface area (Å²) >= 11 is 0. The number of amides is 1. The zero-order valence-corrected chi connectivity index (χ0v) is 17.4. The number of hydrogen-bond acceptors (Lipinski definition) is 4. The van der Waals surface area contributed by atoms with Gasteiger partial charge in [0.15, 0.2) is 0 Å². The summed E-state index contributed by atoms with van der Waals surface area (Å²) in [5.74, 6) is 0.254. The summed E-state index contributed by atoms with van der Waals surface area (Å²) in [4.78, 5) is 31.5. The van der Waals surface area contributed by atoms with Crippen molar-refractivity contribution in [2.75, 3.05) is 25.0 Å². The molecule has 1 amide bonds. The third-order valence-corrected chi connectivity index (χ3v) is 5.87. The standard InChI is InChI=1S/C22H21F3N4O3/c1-13-5-3-4-6-17(13)29-18-11-14(22(23,24)25)7-8-16(18)19(26-20(29)30)28-10-9-15(12-28)27(2)21(31)32/h3-8,11,15H,9-10,12H2,1-2H3,(H,31,32). The van der Waals surface area contributed by atoms with Crippen molar-refractivity contribution < 1.29 is 23.1 Å². The molecule has 168 valence electrons. The molecule has 1 saturated heterocycles. The van der Waals surface area contributed by atoms with Gasteiger partial charge in [-0.1, -0.05) is 18.2 Å². The van der Waals surface area contributed by atoms with Crippen molar-refractivity contribution in [3.05, 3.63) is 64.1 Å². The Morgan fingerprint density at radius 1 is 1.22 bits per heavy atom. The lowest BCUT2D eigenvalue weighted by atomic mass is 10.1. The monoisotopic (exact) mass is 446 g/mol. The lowest BCUT2D eigenvalue weighted by Crippen LogP contribution is -2.38. The van der Waals surface area contributed by atoms with Crippen LogP contribution in [0.2, 0.25) is 0 Å². The van der Waals surface area contributed by atoms with Crippen molar-refractivity contribution in [1.29, 1.82) is 0 Å². The van der Waals surface area contributed by atoms with Gasteiger partial charge in [0, 0.05) is 25.5 Å². The minimum Gasteiger partial charge on any atom is -0.465 e. The highest BCUT2D eigenvalue weighted by Gasteiger charge is 2.33. The van der Waals surface area contributed by atoms with Crippen molar-refractivity contribution in [2.24, 2.45) is 0 Å². The highest BCUT2D eigenvalue weighted by molar-refractivity contribution is 5.91. The summed E-state index contributed by atoms with van der Waals surface area (Å²) in [6, 6.07) is 9.85. The maximum atomic E-state index is 13.5. The molecule has 2 aromatic carbocycles. The molecule has 1 atom stereocenters. The lowest BCUT2D eigenvalue weighted by Gasteiger charge is -2.24. The minimum atomic E-state index is -4.58. The molecular formula is C22H21F3N4O3. The van der Waals surface area contributed by atoms with Gasteiger partial charge < -0.3 is 14.9 Å². The zero-order valence-electron chi connectivity index (χ0n) is 17.4. The number of aromatic nitrogens is 2. The Hall–Kier alpha value is -3.56. The van der Waals surface area contributed by atoms with E-state index in [-0.39, 0.29) is 17.4 Å². The largest absolute Gasteiger partial charge is 0.465 e. The maximum absolute atomic E-state index is 13.5. The second-order valence-corrected chi connectivity index (χ2v) is 7.85. The van der Waals surface area contributed by atoms with Crippen LogP contribution in [0.5, 0.6) is 0 Å². The first-order valence-corrected chi connectivity index (χ1v) is 9.98. The number of anilines is 1.